The van der Waals surface area contributed by atoms with Crippen molar-refractivity contribution < 1.29 is 24.1 Å². The number of H-pyrrole nitrogens is 1. The van der Waals surface area contributed by atoms with E-state index in [4.69, 9.17) is 14.2 Å². The number of aromatic hydroxyl groups is 1. The van der Waals surface area contributed by atoms with Crippen molar-refractivity contribution in [3.05, 3.63) is 59.3 Å². The molecule has 36 heavy (non-hydrogen) atoms. The Labute approximate surface area is 212 Å². The molecule has 4 rings (SSSR count). The van der Waals surface area contributed by atoms with Crippen LogP contribution in [-0.2, 0) is 4.74 Å². The molecule has 192 valence electrons. The van der Waals surface area contributed by atoms with E-state index in [-0.39, 0.29) is 11.7 Å². The van der Waals surface area contributed by atoms with Gasteiger partial charge in [0.25, 0.3) is 5.91 Å². The van der Waals surface area contributed by atoms with Gasteiger partial charge in [0.1, 0.15) is 17.1 Å². The van der Waals surface area contributed by atoms with Crippen molar-refractivity contribution in [1.29, 1.82) is 0 Å². The van der Waals surface area contributed by atoms with Gasteiger partial charge < -0.3 is 24.2 Å². The number of carbonyl (C=O) groups excluding carboxylic acids is 1. The molecule has 0 saturated heterocycles. The van der Waals surface area contributed by atoms with Crippen LogP contribution in [0.5, 0.6) is 17.2 Å². The molecule has 1 aliphatic rings. The lowest BCUT2D eigenvalue weighted by atomic mass is 9.95. The number of para-hydroxylation sites is 1. The van der Waals surface area contributed by atoms with Gasteiger partial charge >= 0.3 is 0 Å². The first kappa shape index (κ1) is 25.6. The second-order valence-corrected chi connectivity index (χ2v) is 9.30. The van der Waals surface area contributed by atoms with Crippen molar-refractivity contribution in [2.24, 2.45) is 5.92 Å². The lowest BCUT2D eigenvalue weighted by molar-refractivity contribution is 0.0723. The third kappa shape index (κ3) is 5.18. The number of rotatable bonds is 12. The Morgan fingerprint density at radius 2 is 1.92 bits per heavy atom. The highest BCUT2D eigenvalue weighted by Gasteiger charge is 2.42. The summed E-state index contributed by atoms with van der Waals surface area (Å²) >= 11 is 0. The fourth-order valence-corrected chi connectivity index (χ4v) is 4.52. The minimum absolute atomic E-state index is 0.111. The molecule has 0 aliphatic carbocycles. The molecule has 1 unspecified atom stereocenters. The number of benzene rings is 2. The molecule has 3 aromatic rings. The van der Waals surface area contributed by atoms with Crippen molar-refractivity contribution in [3.8, 4) is 28.5 Å². The summed E-state index contributed by atoms with van der Waals surface area (Å²) in [6.45, 7) is 8.41. The minimum atomic E-state index is -0.401. The average molecular weight is 494 g/mol. The Balaban J connectivity index is 1.77. The molecule has 0 fully saturated rings. The molecule has 8 nitrogen and oxygen atoms in total. The van der Waals surface area contributed by atoms with Crippen LogP contribution >= 0.6 is 0 Å². The standard InChI is InChI=1S/C28H35N3O5/c1-5-35-23-17-19(11-12-22(23)36-16-13-18(2)3)27-24-25(20-9-6-7-10-21(20)32)29-30-26(24)28(33)31(27)14-8-15-34-4/h6-7,9-12,17-18,27,32H,5,8,13-16H2,1-4H3,(H,29,30). The highest BCUT2D eigenvalue weighted by Crippen LogP contribution is 2.45. The van der Waals surface area contributed by atoms with Crippen LogP contribution in [0.3, 0.4) is 0 Å². The number of phenols is 1. The molecule has 1 aromatic heterocycles. The lowest BCUT2D eigenvalue weighted by Gasteiger charge is -2.27. The van der Waals surface area contributed by atoms with Gasteiger partial charge in [-0.1, -0.05) is 32.0 Å². The third-order valence-electron chi connectivity index (χ3n) is 6.31. The quantitative estimate of drug-likeness (QED) is 0.337. The Morgan fingerprint density at radius 3 is 2.64 bits per heavy atom. The number of nitrogens with zero attached hydrogens (tertiary/aromatic N) is 2. The first-order chi connectivity index (χ1) is 17.5. The van der Waals surface area contributed by atoms with Crippen molar-refractivity contribution in [3.63, 3.8) is 0 Å². The van der Waals surface area contributed by atoms with Gasteiger partial charge in [0.15, 0.2) is 11.5 Å². The number of ether oxygens (including phenoxy) is 3. The summed E-state index contributed by atoms with van der Waals surface area (Å²) in [4.78, 5) is 15.3. The SMILES string of the molecule is CCOc1cc(C2c3c(-c4ccccc4O)n[nH]c3C(=O)N2CCCOC)ccc1OCCC(C)C. The summed E-state index contributed by atoms with van der Waals surface area (Å²) < 4.78 is 17.2. The summed E-state index contributed by atoms with van der Waals surface area (Å²) in [6, 6.07) is 12.5. The van der Waals surface area contributed by atoms with Gasteiger partial charge in [-0.3, -0.25) is 9.89 Å². The monoisotopic (exact) mass is 493 g/mol. The number of hydrogen-bond donors (Lipinski definition) is 2. The first-order valence-electron chi connectivity index (χ1n) is 12.5. The Morgan fingerprint density at radius 1 is 1.11 bits per heavy atom. The smallest absolute Gasteiger partial charge is 0.273 e. The van der Waals surface area contributed by atoms with Gasteiger partial charge in [0.2, 0.25) is 0 Å². The predicted octanol–water partition coefficient (Wildman–Crippen LogP) is 5.19. The topological polar surface area (TPSA) is 96.9 Å². The summed E-state index contributed by atoms with van der Waals surface area (Å²) in [5.41, 5.74) is 3.20. The molecule has 2 heterocycles. The zero-order valence-corrected chi connectivity index (χ0v) is 21.4. The fourth-order valence-electron chi connectivity index (χ4n) is 4.52. The Hall–Kier alpha value is -3.52. The molecule has 1 amide bonds. The van der Waals surface area contributed by atoms with Crippen LogP contribution in [0.15, 0.2) is 42.5 Å². The Kier molecular flexibility index (Phi) is 8.15. The number of phenolic OH excluding ortho intramolecular Hbond substituents is 1. The summed E-state index contributed by atoms with van der Waals surface area (Å²) in [6.07, 6.45) is 1.64. The third-order valence-corrected chi connectivity index (χ3v) is 6.31. The number of nitrogens with one attached hydrogen (secondary N) is 1. The fraction of sp³-hybridized carbons (Fsp3) is 0.429. The largest absolute Gasteiger partial charge is 0.507 e. The molecule has 0 bridgehead atoms. The van der Waals surface area contributed by atoms with Gasteiger partial charge in [0.05, 0.1) is 19.3 Å². The molecular formula is C28H35N3O5. The van der Waals surface area contributed by atoms with E-state index in [1.807, 2.05) is 36.1 Å². The van der Waals surface area contributed by atoms with E-state index in [9.17, 15) is 9.90 Å². The summed E-state index contributed by atoms with van der Waals surface area (Å²) in [5.74, 6) is 1.85. The van der Waals surface area contributed by atoms with E-state index in [0.717, 1.165) is 17.5 Å². The zero-order chi connectivity index (χ0) is 25.7. The second-order valence-electron chi connectivity index (χ2n) is 9.30. The van der Waals surface area contributed by atoms with Crippen LogP contribution in [-0.4, -0.2) is 59.6 Å². The summed E-state index contributed by atoms with van der Waals surface area (Å²) in [5, 5.41) is 17.9. The molecule has 0 spiro atoms. The van der Waals surface area contributed by atoms with Crippen LogP contribution in [0.25, 0.3) is 11.3 Å². The van der Waals surface area contributed by atoms with Gasteiger partial charge in [0, 0.05) is 31.4 Å². The molecule has 1 atom stereocenters. The van der Waals surface area contributed by atoms with Crippen LogP contribution in [0.2, 0.25) is 0 Å². The van der Waals surface area contributed by atoms with E-state index in [0.29, 0.717) is 67.2 Å². The number of carbonyl (C=O) groups is 1. The van der Waals surface area contributed by atoms with E-state index < -0.39 is 6.04 Å². The Bertz CT molecular complexity index is 1190. The maximum atomic E-state index is 13.5. The van der Waals surface area contributed by atoms with Crippen LogP contribution < -0.4 is 9.47 Å². The zero-order valence-electron chi connectivity index (χ0n) is 21.4. The first-order valence-corrected chi connectivity index (χ1v) is 12.5. The van der Waals surface area contributed by atoms with Crippen molar-refractivity contribution >= 4 is 5.91 Å². The van der Waals surface area contributed by atoms with Crippen LogP contribution in [0.1, 0.15) is 61.3 Å². The minimum Gasteiger partial charge on any atom is -0.507 e. The predicted molar refractivity (Wildman–Crippen MR) is 138 cm³/mol. The van der Waals surface area contributed by atoms with E-state index in [2.05, 4.69) is 24.0 Å². The van der Waals surface area contributed by atoms with Crippen LogP contribution in [0, 0.1) is 5.92 Å². The molecule has 2 N–H and O–H groups in total. The van der Waals surface area contributed by atoms with Crippen molar-refractivity contribution in [1.82, 2.24) is 15.1 Å². The number of amides is 1. The summed E-state index contributed by atoms with van der Waals surface area (Å²) in [7, 11) is 1.65. The molecule has 1 aliphatic heterocycles. The highest BCUT2D eigenvalue weighted by molar-refractivity contribution is 6.00. The molecular weight excluding hydrogens is 458 g/mol. The molecule has 2 aromatic carbocycles. The maximum Gasteiger partial charge on any atom is 0.273 e. The molecule has 0 saturated carbocycles. The van der Waals surface area contributed by atoms with Crippen molar-refractivity contribution in [2.45, 2.75) is 39.7 Å². The average Bonchev–Trinajstić information content (AvgIpc) is 3.39. The second kappa shape index (κ2) is 11.5. The molecule has 0 radical (unpaired) electrons. The van der Waals surface area contributed by atoms with Crippen molar-refractivity contribution in [2.75, 3.05) is 33.5 Å². The van der Waals surface area contributed by atoms with Gasteiger partial charge in [-0.05, 0) is 55.5 Å². The number of methoxy groups -OCH3 is 1. The van der Waals surface area contributed by atoms with Gasteiger partial charge in [-0.25, -0.2) is 0 Å². The highest BCUT2D eigenvalue weighted by atomic mass is 16.5. The number of aromatic nitrogens is 2. The van der Waals surface area contributed by atoms with Gasteiger partial charge in [-0.15, -0.1) is 0 Å². The lowest BCUT2D eigenvalue weighted by Crippen LogP contribution is -2.31. The van der Waals surface area contributed by atoms with Crippen LogP contribution in [0.4, 0.5) is 0 Å². The van der Waals surface area contributed by atoms with Gasteiger partial charge in [-0.2, -0.15) is 5.10 Å². The number of fused-ring (bicyclic) bond motifs is 1. The van der Waals surface area contributed by atoms with E-state index in [1.165, 1.54) is 0 Å². The molecule has 8 heteroatoms. The number of hydrogen-bond acceptors (Lipinski definition) is 6. The van der Waals surface area contributed by atoms with E-state index >= 15 is 0 Å². The number of aromatic amines is 1. The maximum absolute atomic E-state index is 13.5. The normalized spacial score (nSPS) is 15.0. The van der Waals surface area contributed by atoms with E-state index in [1.54, 1.807) is 25.3 Å².